The molecule has 1 aromatic heterocycles. The molecule has 2 N–H and O–H groups in total. The highest BCUT2D eigenvalue weighted by molar-refractivity contribution is 5.26. The number of rotatable bonds is 2. The predicted molar refractivity (Wildman–Crippen MR) is 69.8 cm³/mol. The molecule has 1 saturated heterocycles. The van der Waals surface area contributed by atoms with E-state index < -0.39 is 0 Å². The number of likely N-dealkylation sites (N-methyl/N-ethyl adjacent to an activating group) is 2. The first-order valence-corrected chi connectivity index (χ1v) is 6.14. The van der Waals surface area contributed by atoms with Crippen LogP contribution in [0.2, 0.25) is 0 Å². The van der Waals surface area contributed by atoms with Gasteiger partial charge in [-0.15, -0.1) is 0 Å². The molecule has 0 aromatic carbocycles. The fourth-order valence-electron chi connectivity index (χ4n) is 2.46. The van der Waals surface area contributed by atoms with Crippen LogP contribution in [-0.4, -0.2) is 54.6 Å². The second kappa shape index (κ2) is 5.12. The number of pyridine rings is 1. The van der Waals surface area contributed by atoms with Gasteiger partial charge in [0.2, 0.25) is 0 Å². The molecule has 1 aliphatic rings. The third kappa shape index (κ3) is 2.65. The SMILES string of the molecule is Cc1ccncc1C(N)C1CN(C)CCN1C. The van der Waals surface area contributed by atoms with E-state index >= 15 is 0 Å². The summed E-state index contributed by atoms with van der Waals surface area (Å²) in [5.74, 6) is 0. The summed E-state index contributed by atoms with van der Waals surface area (Å²) in [6, 6.07) is 2.44. The number of aryl methyl sites for hydroxylation is 1. The zero-order chi connectivity index (χ0) is 12.4. The fourth-order valence-corrected chi connectivity index (χ4v) is 2.46. The molecule has 1 aromatic rings. The van der Waals surface area contributed by atoms with Gasteiger partial charge in [-0.1, -0.05) is 0 Å². The molecule has 94 valence electrons. The van der Waals surface area contributed by atoms with Gasteiger partial charge in [-0.05, 0) is 38.2 Å². The van der Waals surface area contributed by atoms with Crippen LogP contribution in [-0.2, 0) is 0 Å². The van der Waals surface area contributed by atoms with Crippen molar-refractivity contribution in [3.63, 3.8) is 0 Å². The molecule has 1 aliphatic heterocycles. The Morgan fingerprint density at radius 3 is 2.88 bits per heavy atom. The predicted octanol–water partition coefficient (Wildman–Crippen LogP) is 0.636. The van der Waals surface area contributed by atoms with Gasteiger partial charge in [0.05, 0.1) is 0 Å². The Morgan fingerprint density at radius 1 is 1.41 bits per heavy atom. The number of aromatic nitrogens is 1. The van der Waals surface area contributed by atoms with E-state index in [-0.39, 0.29) is 6.04 Å². The van der Waals surface area contributed by atoms with Crippen LogP contribution in [0.5, 0.6) is 0 Å². The van der Waals surface area contributed by atoms with E-state index in [1.165, 1.54) is 11.1 Å². The Hall–Kier alpha value is -0.970. The number of piperazine rings is 1. The largest absolute Gasteiger partial charge is 0.323 e. The minimum Gasteiger partial charge on any atom is -0.323 e. The Labute approximate surface area is 103 Å². The molecular formula is C13H22N4. The lowest BCUT2D eigenvalue weighted by Crippen LogP contribution is -2.54. The van der Waals surface area contributed by atoms with Crippen LogP contribution in [0.3, 0.4) is 0 Å². The maximum absolute atomic E-state index is 6.41. The van der Waals surface area contributed by atoms with Gasteiger partial charge in [-0.2, -0.15) is 0 Å². The lowest BCUT2D eigenvalue weighted by molar-refractivity contribution is 0.0972. The first-order valence-electron chi connectivity index (χ1n) is 6.14. The van der Waals surface area contributed by atoms with Gasteiger partial charge in [0.15, 0.2) is 0 Å². The van der Waals surface area contributed by atoms with Gasteiger partial charge >= 0.3 is 0 Å². The molecule has 2 heterocycles. The van der Waals surface area contributed by atoms with Crippen molar-refractivity contribution in [2.45, 2.75) is 19.0 Å². The minimum atomic E-state index is 0.0384. The Morgan fingerprint density at radius 2 is 2.18 bits per heavy atom. The van der Waals surface area contributed by atoms with E-state index in [9.17, 15) is 0 Å². The topological polar surface area (TPSA) is 45.4 Å². The maximum Gasteiger partial charge on any atom is 0.0483 e. The van der Waals surface area contributed by atoms with Gasteiger partial charge in [-0.25, -0.2) is 0 Å². The van der Waals surface area contributed by atoms with Gasteiger partial charge in [-0.3, -0.25) is 9.88 Å². The van der Waals surface area contributed by atoms with Crippen LogP contribution >= 0.6 is 0 Å². The van der Waals surface area contributed by atoms with E-state index in [1.807, 2.05) is 18.5 Å². The van der Waals surface area contributed by atoms with Crippen LogP contribution < -0.4 is 5.73 Å². The summed E-state index contributed by atoms with van der Waals surface area (Å²) in [7, 11) is 4.31. The number of nitrogens with two attached hydrogens (primary N) is 1. The van der Waals surface area contributed by atoms with E-state index in [4.69, 9.17) is 5.73 Å². The van der Waals surface area contributed by atoms with Crippen LogP contribution in [0, 0.1) is 6.92 Å². The number of hydrogen-bond donors (Lipinski definition) is 1. The van der Waals surface area contributed by atoms with Crippen molar-refractivity contribution in [3.8, 4) is 0 Å². The molecule has 2 unspecified atom stereocenters. The van der Waals surface area contributed by atoms with E-state index in [0.29, 0.717) is 6.04 Å². The standard InChI is InChI=1S/C13H22N4/c1-10-4-5-15-8-11(10)13(14)12-9-16(2)6-7-17(12)3/h4-5,8,12-13H,6-7,9,14H2,1-3H3. The molecular weight excluding hydrogens is 212 g/mol. The molecule has 0 amide bonds. The minimum absolute atomic E-state index is 0.0384. The van der Waals surface area contributed by atoms with Crippen LogP contribution in [0.1, 0.15) is 17.2 Å². The highest BCUT2D eigenvalue weighted by atomic mass is 15.3. The van der Waals surface area contributed by atoms with Crippen molar-refractivity contribution < 1.29 is 0 Å². The number of hydrogen-bond acceptors (Lipinski definition) is 4. The van der Waals surface area contributed by atoms with Crippen LogP contribution in [0.25, 0.3) is 0 Å². The molecule has 1 fully saturated rings. The van der Waals surface area contributed by atoms with Crippen LogP contribution in [0.4, 0.5) is 0 Å². The average Bonchev–Trinajstić information content (AvgIpc) is 2.32. The Balaban J connectivity index is 2.18. The second-order valence-corrected chi connectivity index (χ2v) is 5.07. The molecule has 2 atom stereocenters. The van der Waals surface area contributed by atoms with Crippen molar-refractivity contribution >= 4 is 0 Å². The van der Waals surface area contributed by atoms with Gasteiger partial charge < -0.3 is 10.6 Å². The third-order valence-electron chi connectivity index (χ3n) is 3.75. The summed E-state index contributed by atoms with van der Waals surface area (Å²) in [5.41, 5.74) is 8.81. The van der Waals surface area contributed by atoms with Crippen molar-refractivity contribution in [3.05, 3.63) is 29.6 Å². The normalized spacial score (nSPS) is 24.8. The Bertz CT molecular complexity index is 379. The van der Waals surface area contributed by atoms with Crippen molar-refractivity contribution in [2.75, 3.05) is 33.7 Å². The smallest absolute Gasteiger partial charge is 0.0483 e. The summed E-state index contributed by atoms with van der Waals surface area (Å²) >= 11 is 0. The average molecular weight is 234 g/mol. The summed E-state index contributed by atoms with van der Waals surface area (Å²) in [5, 5.41) is 0. The van der Waals surface area contributed by atoms with Gasteiger partial charge in [0.25, 0.3) is 0 Å². The monoisotopic (exact) mass is 234 g/mol. The molecule has 4 nitrogen and oxygen atoms in total. The van der Waals surface area contributed by atoms with Crippen molar-refractivity contribution in [1.82, 2.24) is 14.8 Å². The van der Waals surface area contributed by atoms with Crippen molar-refractivity contribution in [2.24, 2.45) is 5.73 Å². The highest BCUT2D eigenvalue weighted by Crippen LogP contribution is 2.22. The molecule has 0 saturated carbocycles. The third-order valence-corrected chi connectivity index (χ3v) is 3.75. The summed E-state index contributed by atoms with van der Waals surface area (Å²) in [4.78, 5) is 8.90. The van der Waals surface area contributed by atoms with Gasteiger partial charge in [0, 0.05) is 44.1 Å². The summed E-state index contributed by atoms with van der Waals surface area (Å²) < 4.78 is 0. The first-order chi connectivity index (χ1) is 8.09. The molecule has 0 radical (unpaired) electrons. The lowest BCUT2D eigenvalue weighted by atomic mass is 9.95. The second-order valence-electron chi connectivity index (χ2n) is 5.07. The number of nitrogens with zero attached hydrogens (tertiary/aromatic N) is 3. The molecule has 0 bridgehead atoms. The van der Waals surface area contributed by atoms with E-state index in [1.54, 1.807) is 0 Å². The summed E-state index contributed by atoms with van der Waals surface area (Å²) in [6.07, 6.45) is 3.73. The molecule has 17 heavy (non-hydrogen) atoms. The fraction of sp³-hybridized carbons (Fsp3) is 0.615. The van der Waals surface area contributed by atoms with E-state index in [0.717, 1.165) is 19.6 Å². The zero-order valence-corrected chi connectivity index (χ0v) is 10.9. The summed E-state index contributed by atoms with van der Waals surface area (Å²) in [6.45, 7) is 5.31. The molecule has 4 heteroatoms. The molecule has 2 rings (SSSR count). The van der Waals surface area contributed by atoms with Crippen LogP contribution in [0.15, 0.2) is 18.5 Å². The van der Waals surface area contributed by atoms with Crippen molar-refractivity contribution in [1.29, 1.82) is 0 Å². The Kier molecular flexibility index (Phi) is 3.76. The lowest BCUT2D eigenvalue weighted by Gasteiger charge is -2.41. The van der Waals surface area contributed by atoms with E-state index in [2.05, 4.69) is 35.8 Å². The van der Waals surface area contributed by atoms with Gasteiger partial charge in [0.1, 0.15) is 0 Å². The zero-order valence-electron chi connectivity index (χ0n) is 10.9. The molecule has 0 aliphatic carbocycles. The first kappa shape index (κ1) is 12.5. The quantitative estimate of drug-likeness (QED) is 0.815. The molecule has 0 spiro atoms. The maximum atomic E-state index is 6.41. The highest BCUT2D eigenvalue weighted by Gasteiger charge is 2.29.